The number of nitrogens with one attached hydrogen (secondary N) is 2. The number of ether oxygens (including phenoxy) is 1. The molecule has 0 aromatic carbocycles. The number of carbonyl (C=O) groups is 2. The first-order valence-electron chi connectivity index (χ1n) is 5.60. The van der Waals surface area contributed by atoms with E-state index < -0.39 is 17.9 Å². The van der Waals surface area contributed by atoms with Gasteiger partial charge in [-0.1, -0.05) is 0 Å². The van der Waals surface area contributed by atoms with Gasteiger partial charge in [-0.25, -0.2) is 9.78 Å². The van der Waals surface area contributed by atoms with Gasteiger partial charge in [0.25, 0.3) is 5.91 Å². The van der Waals surface area contributed by atoms with Gasteiger partial charge in [0.15, 0.2) is 5.76 Å². The summed E-state index contributed by atoms with van der Waals surface area (Å²) in [6, 6.07) is 2.31. The molecule has 0 unspecified atom stereocenters. The standard InChI is InChI=1S/C12H13N3O4/c1-18-12(17)9(5-8-6-13-7-14-8)15-11(16)10-3-2-4-19-10/h2-4,6-7,9H,5H2,1H3,(H,13,14)(H,15,16)/t9-/m0/s1. The van der Waals surface area contributed by atoms with Crippen molar-refractivity contribution < 1.29 is 18.7 Å². The number of rotatable bonds is 5. The third kappa shape index (κ3) is 3.21. The maximum atomic E-state index is 11.8. The van der Waals surface area contributed by atoms with Crippen LogP contribution < -0.4 is 5.32 Å². The zero-order valence-corrected chi connectivity index (χ0v) is 10.3. The molecule has 100 valence electrons. The van der Waals surface area contributed by atoms with E-state index in [-0.39, 0.29) is 12.2 Å². The van der Waals surface area contributed by atoms with E-state index in [0.717, 1.165) is 5.69 Å². The minimum Gasteiger partial charge on any atom is -0.467 e. The molecule has 19 heavy (non-hydrogen) atoms. The second-order valence-electron chi connectivity index (χ2n) is 3.81. The van der Waals surface area contributed by atoms with Crippen LogP contribution in [-0.2, 0) is 16.0 Å². The smallest absolute Gasteiger partial charge is 0.328 e. The molecule has 0 spiro atoms. The van der Waals surface area contributed by atoms with E-state index in [2.05, 4.69) is 20.0 Å². The molecule has 2 aromatic heterocycles. The molecule has 0 fully saturated rings. The van der Waals surface area contributed by atoms with Gasteiger partial charge in [-0.05, 0) is 12.1 Å². The summed E-state index contributed by atoms with van der Waals surface area (Å²) in [6.45, 7) is 0. The molecule has 2 N–H and O–H groups in total. The van der Waals surface area contributed by atoms with Gasteiger partial charge >= 0.3 is 5.97 Å². The fourth-order valence-electron chi connectivity index (χ4n) is 1.59. The molecule has 0 saturated heterocycles. The predicted octanol–water partition coefficient (Wildman–Crippen LogP) is 0.517. The van der Waals surface area contributed by atoms with Crippen LogP contribution in [0.3, 0.4) is 0 Å². The highest BCUT2D eigenvalue weighted by Crippen LogP contribution is 2.04. The van der Waals surface area contributed by atoms with E-state index in [4.69, 9.17) is 4.42 Å². The molecule has 0 radical (unpaired) electrons. The average Bonchev–Trinajstić information content (AvgIpc) is 3.09. The van der Waals surface area contributed by atoms with Crippen LogP contribution >= 0.6 is 0 Å². The molecule has 0 aliphatic rings. The second-order valence-corrected chi connectivity index (χ2v) is 3.81. The number of H-pyrrole nitrogens is 1. The predicted molar refractivity (Wildman–Crippen MR) is 64.3 cm³/mol. The van der Waals surface area contributed by atoms with Crippen molar-refractivity contribution in [1.29, 1.82) is 0 Å². The molecule has 0 bridgehead atoms. The Morgan fingerprint density at radius 3 is 3.00 bits per heavy atom. The maximum Gasteiger partial charge on any atom is 0.328 e. The number of amides is 1. The number of imidazole rings is 1. The van der Waals surface area contributed by atoms with Crippen LogP contribution in [-0.4, -0.2) is 35.0 Å². The minimum absolute atomic E-state index is 0.138. The lowest BCUT2D eigenvalue weighted by Gasteiger charge is -2.14. The molecule has 7 nitrogen and oxygen atoms in total. The molecule has 0 aliphatic carbocycles. The average molecular weight is 263 g/mol. The van der Waals surface area contributed by atoms with Crippen molar-refractivity contribution >= 4 is 11.9 Å². The highest BCUT2D eigenvalue weighted by Gasteiger charge is 2.24. The summed E-state index contributed by atoms with van der Waals surface area (Å²) in [6.07, 6.45) is 4.73. The summed E-state index contributed by atoms with van der Waals surface area (Å²) in [5.74, 6) is -0.868. The third-order valence-electron chi connectivity index (χ3n) is 2.51. The number of nitrogens with zero attached hydrogens (tertiary/aromatic N) is 1. The number of aromatic nitrogens is 2. The van der Waals surface area contributed by atoms with Crippen molar-refractivity contribution in [3.05, 3.63) is 42.4 Å². The van der Waals surface area contributed by atoms with Crippen LogP contribution in [0.4, 0.5) is 0 Å². The second kappa shape index (κ2) is 5.85. The normalized spacial score (nSPS) is 11.8. The monoisotopic (exact) mass is 263 g/mol. The van der Waals surface area contributed by atoms with Crippen molar-refractivity contribution in [3.8, 4) is 0 Å². The van der Waals surface area contributed by atoms with Gasteiger partial charge in [-0.15, -0.1) is 0 Å². The number of hydrogen-bond acceptors (Lipinski definition) is 5. The summed E-state index contributed by atoms with van der Waals surface area (Å²) in [5, 5.41) is 2.55. The fourth-order valence-corrected chi connectivity index (χ4v) is 1.59. The van der Waals surface area contributed by atoms with Crippen LogP contribution in [0.1, 0.15) is 16.2 Å². The number of hydrogen-bond donors (Lipinski definition) is 2. The first-order chi connectivity index (χ1) is 9.20. The largest absolute Gasteiger partial charge is 0.467 e. The number of esters is 1. The van der Waals surface area contributed by atoms with E-state index in [1.165, 1.54) is 25.8 Å². The van der Waals surface area contributed by atoms with Crippen LogP contribution in [0.2, 0.25) is 0 Å². The number of methoxy groups -OCH3 is 1. The molecule has 2 aromatic rings. The topological polar surface area (TPSA) is 97.2 Å². The van der Waals surface area contributed by atoms with Crippen molar-refractivity contribution in [2.45, 2.75) is 12.5 Å². The van der Waals surface area contributed by atoms with Crippen LogP contribution in [0.15, 0.2) is 35.3 Å². The zero-order valence-electron chi connectivity index (χ0n) is 10.3. The van der Waals surface area contributed by atoms with E-state index in [9.17, 15) is 9.59 Å². The highest BCUT2D eigenvalue weighted by molar-refractivity contribution is 5.94. The maximum absolute atomic E-state index is 11.8. The molecule has 1 atom stereocenters. The summed E-state index contributed by atoms with van der Waals surface area (Å²) in [7, 11) is 1.27. The summed E-state index contributed by atoms with van der Waals surface area (Å²) in [4.78, 5) is 30.2. The molecule has 7 heteroatoms. The molecule has 2 heterocycles. The third-order valence-corrected chi connectivity index (χ3v) is 2.51. The zero-order chi connectivity index (χ0) is 13.7. The van der Waals surface area contributed by atoms with Crippen molar-refractivity contribution in [2.24, 2.45) is 0 Å². The molecule has 1 amide bonds. The van der Waals surface area contributed by atoms with Gasteiger partial charge in [-0.2, -0.15) is 0 Å². The van der Waals surface area contributed by atoms with Crippen LogP contribution in [0, 0.1) is 0 Å². The van der Waals surface area contributed by atoms with Crippen molar-refractivity contribution in [3.63, 3.8) is 0 Å². The Balaban J connectivity index is 2.06. The molecule has 2 rings (SSSR count). The lowest BCUT2D eigenvalue weighted by Crippen LogP contribution is -2.43. The van der Waals surface area contributed by atoms with Gasteiger partial charge in [0.1, 0.15) is 6.04 Å². The Morgan fingerprint density at radius 1 is 1.58 bits per heavy atom. The summed E-state index contributed by atoms with van der Waals surface area (Å²) < 4.78 is 9.62. The minimum atomic E-state index is -0.803. The van der Waals surface area contributed by atoms with Gasteiger partial charge in [0, 0.05) is 18.3 Å². The highest BCUT2D eigenvalue weighted by atomic mass is 16.5. The Bertz CT molecular complexity index is 533. The Morgan fingerprint density at radius 2 is 2.42 bits per heavy atom. The number of aromatic amines is 1. The fraction of sp³-hybridized carbons (Fsp3) is 0.250. The van der Waals surface area contributed by atoms with E-state index in [0.29, 0.717) is 0 Å². The molecular weight excluding hydrogens is 250 g/mol. The quantitative estimate of drug-likeness (QED) is 0.766. The first kappa shape index (κ1) is 12.9. The summed E-state index contributed by atoms with van der Waals surface area (Å²) >= 11 is 0. The Labute approximate surface area is 109 Å². The van der Waals surface area contributed by atoms with E-state index >= 15 is 0 Å². The van der Waals surface area contributed by atoms with E-state index in [1.54, 1.807) is 12.3 Å². The lowest BCUT2D eigenvalue weighted by molar-refractivity contribution is -0.142. The SMILES string of the molecule is COC(=O)[C@H](Cc1cnc[nH]1)NC(=O)c1ccco1. The molecular formula is C12H13N3O4. The number of carbonyl (C=O) groups excluding carboxylic acids is 2. The Hall–Kier alpha value is -2.57. The number of furan rings is 1. The van der Waals surface area contributed by atoms with E-state index in [1.807, 2.05) is 0 Å². The van der Waals surface area contributed by atoms with Crippen molar-refractivity contribution in [2.75, 3.05) is 7.11 Å². The van der Waals surface area contributed by atoms with Crippen molar-refractivity contribution in [1.82, 2.24) is 15.3 Å². The first-order valence-corrected chi connectivity index (χ1v) is 5.60. The molecule has 0 saturated carbocycles. The van der Waals surface area contributed by atoms with Gasteiger partial charge < -0.3 is 19.5 Å². The lowest BCUT2D eigenvalue weighted by atomic mass is 10.1. The summed E-state index contributed by atoms with van der Waals surface area (Å²) in [5.41, 5.74) is 0.718. The van der Waals surface area contributed by atoms with Crippen LogP contribution in [0.25, 0.3) is 0 Å². The van der Waals surface area contributed by atoms with Gasteiger partial charge in [0.2, 0.25) is 0 Å². The Kier molecular flexibility index (Phi) is 3.97. The molecule has 0 aliphatic heterocycles. The van der Waals surface area contributed by atoms with Gasteiger partial charge in [-0.3, -0.25) is 4.79 Å². The van der Waals surface area contributed by atoms with Crippen LogP contribution in [0.5, 0.6) is 0 Å². The van der Waals surface area contributed by atoms with Gasteiger partial charge in [0.05, 0.1) is 19.7 Å².